The van der Waals surface area contributed by atoms with Gasteiger partial charge in [-0.25, -0.2) is 0 Å². The lowest BCUT2D eigenvalue weighted by molar-refractivity contribution is -0.0498. The Hall–Kier alpha value is -1.27. The molecule has 0 atom stereocenters. The second-order valence-electron chi connectivity index (χ2n) is 3.58. The maximum Gasteiger partial charge on any atom is 0.387 e. The summed E-state index contributed by atoms with van der Waals surface area (Å²) < 4.78 is 34.7. The van der Waals surface area contributed by atoms with Crippen molar-refractivity contribution in [2.24, 2.45) is 0 Å². The van der Waals surface area contributed by atoms with E-state index in [2.05, 4.69) is 26.0 Å². The number of hydrogen-bond acceptors (Lipinski definition) is 3. The van der Waals surface area contributed by atoms with Crippen molar-refractivity contribution in [3.63, 3.8) is 0 Å². The van der Waals surface area contributed by atoms with Gasteiger partial charge in [-0.3, -0.25) is 0 Å². The molecule has 0 fully saturated rings. The highest BCUT2D eigenvalue weighted by Gasteiger charge is 2.15. The molecule has 0 saturated carbocycles. The van der Waals surface area contributed by atoms with Crippen LogP contribution in [0.1, 0.15) is 5.76 Å². The number of hydrogen-bond donors (Lipinski definition) is 1. The number of benzene rings is 1. The quantitative estimate of drug-likeness (QED) is 0.830. The van der Waals surface area contributed by atoms with Gasteiger partial charge in [0, 0.05) is 5.02 Å². The van der Waals surface area contributed by atoms with Crippen molar-refractivity contribution in [3.8, 4) is 5.75 Å². The average molecular weight is 353 g/mol. The lowest BCUT2D eigenvalue weighted by atomic mass is 10.3. The predicted octanol–water partition coefficient (Wildman–Crippen LogP) is 4.91. The summed E-state index contributed by atoms with van der Waals surface area (Å²) in [6, 6.07) is 6.49. The van der Waals surface area contributed by atoms with Gasteiger partial charge in [0.05, 0.1) is 23.0 Å². The van der Waals surface area contributed by atoms with Gasteiger partial charge in [0.25, 0.3) is 0 Å². The van der Waals surface area contributed by atoms with Gasteiger partial charge >= 0.3 is 6.61 Å². The van der Waals surface area contributed by atoms with Crippen molar-refractivity contribution >= 4 is 33.2 Å². The van der Waals surface area contributed by atoms with Gasteiger partial charge in [0.2, 0.25) is 0 Å². The number of nitrogens with one attached hydrogen (secondary N) is 1. The van der Waals surface area contributed by atoms with Crippen molar-refractivity contribution in [2.75, 3.05) is 5.32 Å². The first kappa shape index (κ1) is 14.1. The van der Waals surface area contributed by atoms with E-state index in [-0.39, 0.29) is 5.75 Å². The highest BCUT2D eigenvalue weighted by Crippen LogP contribution is 2.37. The molecule has 0 aliphatic rings. The largest absolute Gasteiger partial charge is 0.467 e. The Balaban J connectivity index is 2.21. The van der Waals surface area contributed by atoms with Crippen molar-refractivity contribution in [2.45, 2.75) is 13.2 Å². The molecule has 0 bridgehead atoms. The SMILES string of the molecule is FC(F)Oc1c(Br)cc(Cl)cc1NCc1ccco1. The fourth-order valence-electron chi connectivity index (χ4n) is 1.50. The van der Waals surface area contributed by atoms with Crippen molar-refractivity contribution in [1.29, 1.82) is 0 Å². The van der Waals surface area contributed by atoms with E-state index >= 15 is 0 Å². The zero-order chi connectivity index (χ0) is 13.8. The molecule has 0 aliphatic heterocycles. The molecule has 0 spiro atoms. The fourth-order valence-corrected chi connectivity index (χ4v) is 2.40. The van der Waals surface area contributed by atoms with E-state index in [1.807, 2.05) is 0 Å². The van der Waals surface area contributed by atoms with E-state index in [1.165, 1.54) is 18.4 Å². The van der Waals surface area contributed by atoms with E-state index in [1.54, 1.807) is 12.1 Å². The van der Waals surface area contributed by atoms with Crippen LogP contribution in [0.4, 0.5) is 14.5 Å². The zero-order valence-corrected chi connectivity index (χ0v) is 11.8. The summed E-state index contributed by atoms with van der Waals surface area (Å²) in [6.07, 6.45) is 1.53. The molecule has 1 aromatic carbocycles. The number of furan rings is 1. The van der Waals surface area contributed by atoms with Crippen LogP contribution in [0.2, 0.25) is 5.02 Å². The van der Waals surface area contributed by atoms with E-state index < -0.39 is 6.61 Å². The van der Waals surface area contributed by atoms with Crippen molar-refractivity contribution in [1.82, 2.24) is 0 Å². The summed E-state index contributed by atoms with van der Waals surface area (Å²) in [7, 11) is 0. The number of ether oxygens (including phenoxy) is 1. The molecule has 2 aromatic rings. The van der Waals surface area contributed by atoms with E-state index in [0.717, 1.165) is 0 Å². The maximum absolute atomic E-state index is 12.4. The van der Waals surface area contributed by atoms with Crippen LogP contribution in [0, 0.1) is 0 Å². The summed E-state index contributed by atoms with van der Waals surface area (Å²) in [6.45, 7) is -2.58. The number of halogens is 4. The third kappa shape index (κ3) is 3.84. The monoisotopic (exact) mass is 351 g/mol. The van der Waals surface area contributed by atoms with Crippen molar-refractivity contribution < 1.29 is 17.9 Å². The summed E-state index contributed by atoms with van der Waals surface area (Å²) >= 11 is 9.02. The minimum Gasteiger partial charge on any atom is -0.467 e. The molecule has 1 heterocycles. The Bertz CT molecular complexity index is 549. The molecule has 102 valence electrons. The normalized spacial score (nSPS) is 10.8. The highest BCUT2D eigenvalue weighted by atomic mass is 79.9. The van der Waals surface area contributed by atoms with Crippen LogP contribution in [-0.2, 0) is 6.54 Å². The first-order valence-corrected chi connectivity index (χ1v) is 6.43. The first-order valence-electron chi connectivity index (χ1n) is 5.26. The smallest absolute Gasteiger partial charge is 0.387 e. The van der Waals surface area contributed by atoms with Crippen LogP contribution in [0.5, 0.6) is 5.75 Å². The average Bonchev–Trinajstić information content (AvgIpc) is 2.83. The third-order valence-electron chi connectivity index (χ3n) is 2.25. The number of alkyl halides is 2. The highest BCUT2D eigenvalue weighted by molar-refractivity contribution is 9.10. The Labute approximate surface area is 121 Å². The molecular weight excluding hydrogens is 343 g/mol. The summed E-state index contributed by atoms with van der Waals surface area (Å²) in [4.78, 5) is 0. The van der Waals surface area contributed by atoms with Gasteiger partial charge in [-0.1, -0.05) is 11.6 Å². The maximum atomic E-state index is 12.4. The fraction of sp³-hybridized carbons (Fsp3) is 0.167. The molecule has 0 unspecified atom stereocenters. The molecule has 3 nitrogen and oxygen atoms in total. The standard InChI is InChI=1S/C12H9BrClF2NO2/c13-9-4-7(14)5-10(11(9)19-12(15)16)17-6-8-2-1-3-18-8/h1-5,12,17H,6H2. The molecule has 0 amide bonds. The Morgan fingerprint density at radius 3 is 2.84 bits per heavy atom. The molecule has 1 N–H and O–H groups in total. The molecule has 0 aliphatic carbocycles. The lowest BCUT2D eigenvalue weighted by Crippen LogP contribution is -2.07. The van der Waals surface area contributed by atoms with E-state index in [0.29, 0.717) is 27.5 Å². The molecule has 7 heteroatoms. The minimum absolute atomic E-state index is 0.00551. The Morgan fingerprint density at radius 1 is 1.42 bits per heavy atom. The van der Waals surface area contributed by atoms with Gasteiger partial charge in [-0.05, 0) is 40.2 Å². The minimum atomic E-state index is -2.92. The van der Waals surface area contributed by atoms with Crippen LogP contribution < -0.4 is 10.1 Å². The van der Waals surface area contributed by atoms with Gasteiger partial charge < -0.3 is 14.5 Å². The van der Waals surface area contributed by atoms with Crippen LogP contribution in [-0.4, -0.2) is 6.61 Å². The summed E-state index contributed by atoms with van der Waals surface area (Å²) in [5.41, 5.74) is 0.357. The van der Waals surface area contributed by atoms with Crippen LogP contribution in [0.15, 0.2) is 39.4 Å². The molecule has 0 saturated heterocycles. The van der Waals surface area contributed by atoms with Crippen LogP contribution in [0.3, 0.4) is 0 Å². The number of rotatable bonds is 5. The summed E-state index contributed by atoms with van der Waals surface area (Å²) in [5, 5.41) is 3.33. The Morgan fingerprint density at radius 2 is 2.21 bits per heavy atom. The van der Waals surface area contributed by atoms with E-state index in [4.69, 9.17) is 16.0 Å². The second kappa shape index (κ2) is 6.25. The summed E-state index contributed by atoms with van der Waals surface area (Å²) in [5.74, 6) is 0.671. The van der Waals surface area contributed by atoms with E-state index in [9.17, 15) is 8.78 Å². The van der Waals surface area contributed by atoms with Gasteiger partial charge in [-0.15, -0.1) is 0 Å². The Kier molecular flexibility index (Phi) is 4.66. The predicted molar refractivity (Wildman–Crippen MR) is 71.8 cm³/mol. The van der Waals surface area contributed by atoms with Crippen molar-refractivity contribution in [3.05, 3.63) is 45.8 Å². The molecule has 1 aromatic heterocycles. The van der Waals surface area contributed by atoms with Gasteiger partial charge in [-0.2, -0.15) is 8.78 Å². The number of anilines is 1. The second-order valence-corrected chi connectivity index (χ2v) is 4.87. The first-order chi connectivity index (χ1) is 9.06. The molecule has 19 heavy (non-hydrogen) atoms. The molecule has 2 rings (SSSR count). The lowest BCUT2D eigenvalue weighted by Gasteiger charge is -2.14. The van der Waals surface area contributed by atoms with Crippen LogP contribution in [0.25, 0.3) is 0 Å². The van der Waals surface area contributed by atoms with Crippen LogP contribution >= 0.6 is 27.5 Å². The molecule has 0 radical (unpaired) electrons. The molecular formula is C12H9BrClF2NO2. The zero-order valence-electron chi connectivity index (χ0n) is 9.50. The van der Waals surface area contributed by atoms with Gasteiger partial charge in [0.1, 0.15) is 5.76 Å². The topological polar surface area (TPSA) is 34.4 Å². The van der Waals surface area contributed by atoms with Gasteiger partial charge in [0.15, 0.2) is 5.75 Å². The third-order valence-corrected chi connectivity index (χ3v) is 3.06.